The number of aryl methyl sites for hydroxylation is 1. The van der Waals surface area contributed by atoms with Crippen LogP contribution in [0.4, 0.5) is 17.3 Å². The molecular weight excluding hydrogens is 368 g/mol. The smallest absolute Gasteiger partial charge is 0.160 e. The highest BCUT2D eigenvalue weighted by atomic mass is 16.5. The number of ether oxygens (including phenoxy) is 3. The van der Waals surface area contributed by atoms with Gasteiger partial charge in [0.25, 0.3) is 0 Å². The van der Waals surface area contributed by atoms with Crippen LogP contribution >= 0.6 is 0 Å². The molecule has 0 amide bonds. The van der Waals surface area contributed by atoms with Gasteiger partial charge in [-0.15, -0.1) is 0 Å². The molecule has 2 aromatic carbocycles. The summed E-state index contributed by atoms with van der Waals surface area (Å²) in [6, 6.07) is 15.5. The maximum atomic E-state index is 5.36. The standard InChI is InChI=1S/C22H26N4O3/c1-15-24-21(14-22(25-15)26-17-6-8-18(27-2)9-7-17)23-12-11-16-5-10-19(28-3)20(13-16)29-4/h5-10,13-14H,11-12H2,1-4H3,(H2,23,24,25,26). The van der Waals surface area contributed by atoms with Gasteiger partial charge in [-0.25, -0.2) is 9.97 Å². The average molecular weight is 394 g/mol. The Kier molecular flexibility index (Phi) is 6.73. The fourth-order valence-corrected chi connectivity index (χ4v) is 2.92. The maximum absolute atomic E-state index is 5.36. The number of aromatic nitrogens is 2. The van der Waals surface area contributed by atoms with Gasteiger partial charge in [0.1, 0.15) is 23.2 Å². The third-order valence-corrected chi connectivity index (χ3v) is 4.37. The number of methoxy groups -OCH3 is 3. The van der Waals surface area contributed by atoms with Crippen LogP contribution in [-0.4, -0.2) is 37.8 Å². The van der Waals surface area contributed by atoms with Crippen LogP contribution < -0.4 is 24.8 Å². The largest absolute Gasteiger partial charge is 0.497 e. The van der Waals surface area contributed by atoms with Gasteiger partial charge in [-0.1, -0.05) is 6.07 Å². The average Bonchev–Trinajstić information content (AvgIpc) is 2.73. The Hall–Kier alpha value is -3.48. The van der Waals surface area contributed by atoms with Gasteiger partial charge in [0.2, 0.25) is 0 Å². The van der Waals surface area contributed by atoms with Crippen LogP contribution in [0.3, 0.4) is 0 Å². The Morgan fingerprint density at radius 1 is 0.793 bits per heavy atom. The van der Waals surface area contributed by atoms with Crippen molar-refractivity contribution in [3.05, 3.63) is 59.9 Å². The molecule has 2 N–H and O–H groups in total. The molecule has 0 radical (unpaired) electrons. The number of benzene rings is 2. The third kappa shape index (κ3) is 5.51. The summed E-state index contributed by atoms with van der Waals surface area (Å²) in [5, 5.41) is 6.66. The van der Waals surface area contributed by atoms with Gasteiger partial charge in [0, 0.05) is 18.3 Å². The summed E-state index contributed by atoms with van der Waals surface area (Å²) < 4.78 is 15.8. The van der Waals surface area contributed by atoms with Crippen molar-refractivity contribution < 1.29 is 14.2 Å². The molecule has 0 saturated carbocycles. The van der Waals surface area contributed by atoms with Crippen molar-refractivity contribution in [2.24, 2.45) is 0 Å². The Bertz CT molecular complexity index is 945. The molecule has 0 aliphatic carbocycles. The first-order valence-electron chi connectivity index (χ1n) is 9.33. The lowest BCUT2D eigenvalue weighted by molar-refractivity contribution is 0.354. The number of anilines is 3. The van der Waals surface area contributed by atoms with E-state index in [0.29, 0.717) is 5.82 Å². The molecule has 3 rings (SSSR count). The van der Waals surface area contributed by atoms with Crippen LogP contribution in [0.15, 0.2) is 48.5 Å². The normalized spacial score (nSPS) is 10.3. The first-order chi connectivity index (χ1) is 14.1. The monoisotopic (exact) mass is 394 g/mol. The maximum Gasteiger partial charge on any atom is 0.160 e. The van der Waals surface area contributed by atoms with Crippen molar-refractivity contribution >= 4 is 17.3 Å². The first kappa shape index (κ1) is 20.3. The summed E-state index contributed by atoms with van der Waals surface area (Å²) in [4.78, 5) is 8.92. The molecule has 3 aromatic rings. The molecule has 1 aromatic heterocycles. The minimum atomic E-state index is 0.692. The summed E-state index contributed by atoms with van der Waals surface area (Å²) in [7, 11) is 4.92. The molecule has 0 saturated heterocycles. The molecular formula is C22H26N4O3. The Morgan fingerprint density at radius 2 is 1.52 bits per heavy atom. The Balaban J connectivity index is 1.62. The molecule has 152 valence electrons. The summed E-state index contributed by atoms with van der Waals surface area (Å²) in [5.74, 6) is 4.47. The summed E-state index contributed by atoms with van der Waals surface area (Å²) in [6.45, 7) is 2.60. The predicted molar refractivity (Wildman–Crippen MR) is 115 cm³/mol. The third-order valence-electron chi connectivity index (χ3n) is 4.37. The molecule has 0 bridgehead atoms. The zero-order valence-corrected chi connectivity index (χ0v) is 17.2. The van der Waals surface area contributed by atoms with E-state index in [2.05, 4.69) is 20.6 Å². The van der Waals surface area contributed by atoms with Crippen molar-refractivity contribution in [3.8, 4) is 17.2 Å². The van der Waals surface area contributed by atoms with E-state index in [9.17, 15) is 0 Å². The summed E-state index contributed by atoms with van der Waals surface area (Å²) >= 11 is 0. The fraction of sp³-hybridized carbons (Fsp3) is 0.273. The second-order valence-corrected chi connectivity index (χ2v) is 6.41. The second-order valence-electron chi connectivity index (χ2n) is 6.41. The highest BCUT2D eigenvalue weighted by molar-refractivity contribution is 5.60. The Morgan fingerprint density at radius 3 is 2.21 bits per heavy atom. The number of nitrogens with one attached hydrogen (secondary N) is 2. The zero-order chi connectivity index (χ0) is 20.6. The van der Waals surface area contributed by atoms with E-state index in [1.54, 1.807) is 21.3 Å². The lowest BCUT2D eigenvalue weighted by atomic mass is 10.1. The minimum absolute atomic E-state index is 0.692. The van der Waals surface area contributed by atoms with Crippen LogP contribution in [0.25, 0.3) is 0 Å². The van der Waals surface area contributed by atoms with Crippen molar-refractivity contribution in [2.45, 2.75) is 13.3 Å². The number of hydrogen-bond acceptors (Lipinski definition) is 7. The lowest BCUT2D eigenvalue weighted by Crippen LogP contribution is -2.08. The Labute approximate surface area is 171 Å². The van der Waals surface area contributed by atoms with Crippen molar-refractivity contribution in [3.63, 3.8) is 0 Å². The van der Waals surface area contributed by atoms with Crippen molar-refractivity contribution in [1.82, 2.24) is 9.97 Å². The molecule has 1 heterocycles. The molecule has 7 nitrogen and oxygen atoms in total. The second kappa shape index (κ2) is 9.64. The van der Waals surface area contributed by atoms with Gasteiger partial charge in [-0.2, -0.15) is 0 Å². The number of hydrogen-bond donors (Lipinski definition) is 2. The zero-order valence-electron chi connectivity index (χ0n) is 17.2. The van der Waals surface area contributed by atoms with Crippen LogP contribution in [-0.2, 0) is 6.42 Å². The van der Waals surface area contributed by atoms with Gasteiger partial charge in [0.15, 0.2) is 11.5 Å². The highest BCUT2D eigenvalue weighted by Crippen LogP contribution is 2.27. The molecule has 29 heavy (non-hydrogen) atoms. The topological polar surface area (TPSA) is 77.5 Å². The van der Waals surface area contributed by atoms with E-state index in [-0.39, 0.29) is 0 Å². The van der Waals surface area contributed by atoms with Gasteiger partial charge >= 0.3 is 0 Å². The van der Waals surface area contributed by atoms with Crippen molar-refractivity contribution in [2.75, 3.05) is 38.5 Å². The van der Waals surface area contributed by atoms with E-state index < -0.39 is 0 Å². The molecule has 7 heteroatoms. The van der Waals surface area contributed by atoms with E-state index in [1.807, 2.05) is 55.5 Å². The van der Waals surface area contributed by atoms with E-state index in [1.165, 1.54) is 0 Å². The molecule has 0 unspecified atom stereocenters. The van der Waals surface area contributed by atoms with Crippen LogP contribution in [0.5, 0.6) is 17.2 Å². The number of nitrogens with zero attached hydrogens (tertiary/aromatic N) is 2. The van der Waals surface area contributed by atoms with E-state index in [0.717, 1.165) is 53.1 Å². The van der Waals surface area contributed by atoms with Gasteiger partial charge < -0.3 is 24.8 Å². The number of rotatable bonds is 9. The first-order valence-corrected chi connectivity index (χ1v) is 9.33. The fourth-order valence-electron chi connectivity index (χ4n) is 2.92. The molecule has 0 aliphatic rings. The minimum Gasteiger partial charge on any atom is -0.497 e. The predicted octanol–water partition coefficient (Wildman–Crippen LogP) is 4.21. The summed E-state index contributed by atoms with van der Waals surface area (Å²) in [5.41, 5.74) is 2.08. The quantitative estimate of drug-likeness (QED) is 0.563. The van der Waals surface area contributed by atoms with Crippen LogP contribution in [0, 0.1) is 6.92 Å². The highest BCUT2D eigenvalue weighted by Gasteiger charge is 2.06. The van der Waals surface area contributed by atoms with Gasteiger partial charge in [-0.05, 0) is 55.3 Å². The molecule has 0 fully saturated rings. The molecule has 0 atom stereocenters. The van der Waals surface area contributed by atoms with Gasteiger partial charge in [0.05, 0.1) is 21.3 Å². The van der Waals surface area contributed by atoms with Crippen LogP contribution in [0.2, 0.25) is 0 Å². The molecule has 0 aliphatic heterocycles. The van der Waals surface area contributed by atoms with Crippen molar-refractivity contribution in [1.29, 1.82) is 0 Å². The van der Waals surface area contributed by atoms with E-state index in [4.69, 9.17) is 14.2 Å². The summed E-state index contributed by atoms with van der Waals surface area (Å²) in [6.07, 6.45) is 0.824. The van der Waals surface area contributed by atoms with Gasteiger partial charge in [-0.3, -0.25) is 0 Å². The SMILES string of the molecule is COc1ccc(Nc2cc(NCCc3ccc(OC)c(OC)c3)nc(C)n2)cc1. The molecule has 0 spiro atoms. The van der Waals surface area contributed by atoms with E-state index >= 15 is 0 Å². The lowest BCUT2D eigenvalue weighted by Gasteiger charge is -2.12. The van der Waals surface area contributed by atoms with Crippen LogP contribution in [0.1, 0.15) is 11.4 Å².